The average molecular weight is 492 g/mol. The van der Waals surface area contributed by atoms with E-state index in [4.69, 9.17) is 17.0 Å². The Morgan fingerprint density at radius 1 is 0.786 bits per heavy atom. The van der Waals surface area contributed by atoms with E-state index in [0.717, 1.165) is 12.8 Å². The molecule has 4 rings (SSSR count). The van der Waals surface area contributed by atoms with Crippen LogP contribution in [0.3, 0.4) is 0 Å². The second kappa shape index (κ2) is 15.3. The molecule has 3 heteroatoms. The maximum atomic E-state index is 4.93. The molecule has 0 aromatic heterocycles. The number of hydrogen-bond donors (Lipinski definition) is 0. The fourth-order valence-electron chi connectivity index (χ4n) is 3.37. The van der Waals surface area contributed by atoms with Gasteiger partial charge in [0.05, 0.1) is 0 Å². The predicted octanol–water partition coefficient (Wildman–Crippen LogP) is 8.65. The van der Waals surface area contributed by atoms with E-state index < -0.39 is 20.8 Å². The Labute approximate surface area is 190 Å². The van der Waals surface area contributed by atoms with Gasteiger partial charge in [-0.1, -0.05) is 79.3 Å². The molecule has 0 fully saturated rings. The minimum atomic E-state index is -0.826. The number of hydrogen-bond acceptors (Lipinski definition) is 0. The van der Waals surface area contributed by atoms with Crippen molar-refractivity contribution in [2.24, 2.45) is 0 Å². The second-order valence-electron chi connectivity index (χ2n) is 6.19. The van der Waals surface area contributed by atoms with Crippen LogP contribution in [0.2, 0.25) is 0 Å². The summed E-state index contributed by atoms with van der Waals surface area (Å²) in [7, 11) is 9.87. The van der Waals surface area contributed by atoms with Gasteiger partial charge in [-0.3, -0.25) is 0 Å². The van der Waals surface area contributed by atoms with Crippen molar-refractivity contribution in [3.05, 3.63) is 104 Å². The minimum absolute atomic E-state index is 0.561. The van der Waals surface area contributed by atoms with Gasteiger partial charge in [-0.25, -0.2) is 0 Å². The van der Waals surface area contributed by atoms with Crippen LogP contribution >= 0.6 is 17.0 Å². The molecule has 2 aromatic rings. The van der Waals surface area contributed by atoms with Gasteiger partial charge in [0.15, 0.2) is 0 Å². The summed E-state index contributed by atoms with van der Waals surface area (Å²) in [6.45, 7) is 12.8. The molecule has 2 aliphatic carbocycles. The maximum absolute atomic E-state index is 4.93. The van der Waals surface area contributed by atoms with E-state index in [1.165, 1.54) is 28.7 Å². The summed E-state index contributed by atoms with van der Waals surface area (Å²) in [6.07, 6.45) is 12.1. The molecule has 28 heavy (non-hydrogen) atoms. The third kappa shape index (κ3) is 7.66. The van der Waals surface area contributed by atoms with E-state index >= 15 is 0 Å². The van der Waals surface area contributed by atoms with Gasteiger partial charge in [0.25, 0.3) is 0 Å². The van der Waals surface area contributed by atoms with Gasteiger partial charge in [-0.15, -0.1) is 0 Å². The summed E-state index contributed by atoms with van der Waals surface area (Å²) in [5, 5.41) is 0. The van der Waals surface area contributed by atoms with Crippen LogP contribution in [0.25, 0.3) is 12.2 Å². The summed E-state index contributed by atoms with van der Waals surface area (Å²) in [6, 6.07) is 17.1. The van der Waals surface area contributed by atoms with Gasteiger partial charge in [0.1, 0.15) is 0 Å². The van der Waals surface area contributed by atoms with Gasteiger partial charge >= 0.3 is 37.9 Å². The number of fused-ring (bicyclic) bond motifs is 2. The molecular formula is C25H29Cl2Zr-3. The Balaban J connectivity index is 0.000000229. The van der Waals surface area contributed by atoms with Crippen LogP contribution in [0, 0.1) is 20.8 Å². The van der Waals surface area contributed by atoms with Crippen molar-refractivity contribution in [3.63, 3.8) is 0 Å². The van der Waals surface area contributed by atoms with Crippen LogP contribution in [0.4, 0.5) is 0 Å². The Morgan fingerprint density at radius 2 is 1.21 bits per heavy atom. The van der Waals surface area contributed by atoms with Crippen LogP contribution in [0.15, 0.2) is 60.7 Å². The second-order valence-corrected chi connectivity index (χ2v) is 9.92. The Kier molecular flexibility index (Phi) is 13.8. The zero-order valence-electron chi connectivity index (χ0n) is 16.6. The molecular weight excluding hydrogens is 462 g/mol. The molecule has 0 aliphatic heterocycles. The van der Waals surface area contributed by atoms with Crippen molar-refractivity contribution < 1.29 is 20.8 Å². The third-order valence-corrected chi connectivity index (χ3v) is 4.63. The van der Waals surface area contributed by atoms with E-state index in [9.17, 15) is 0 Å². The normalized spacial score (nSPS) is 17.1. The molecule has 150 valence electrons. The molecule has 0 saturated carbocycles. The molecule has 0 amide bonds. The van der Waals surface area contributed by atoms with Crippen molar-refractivity contribution in [1.29, 1.82) is 0 Å². The quantitative estimate of drug-likeness (QED) is 0.377. The molecule has 2 aromatic carbocycles. The SMILES string of the molecule is [CH2-]C.[CH2-]CC1C=Cc2ccccc21.[CH2-]CCC1C=Cc2ccccc21.[Cl][Zr][Cl]. The summed E-state index contributed by atoms with van der Waals surface area (Å²) in [5.74, 6) is 1.19. The van der Waals surface area contributed by atoms with Gasteiger partial charge in [0, 0.05) is 5.92 Å². The van der Waals surface area contributed by atoms with Crippen molar-refractivity contribution in [1.82, 2.24) is 0 Å². The molecule has 0 nitrogen and oxygen atoms in total. The first-order valence-electron chi connectivity index (χ1n) is 9.54. The number of rotatable bonds is 3. The molecule has 0 spiro atoms. The molecule has 0 heterocycles. The molecule has 2 unspecified atom stereocenters. The monoisotopic (exact) mass is 489 g/mol. The van der Waals surface area contributed by atoms with Crippen LogP contribution in [0.1, 0.15) is 60.3 Å². The Hall–Kier alpha value is -0.617. The van der Waals surface area contributed by atoms with Gasteiger partial charge in [-0.2, -0.15) is 19.8 Å². The molecule has 2 aliphatic rings. The first-order valence-corrected chi connectivity index (χ1v) is 15.9. The standard InChI is InChI=1S/C12H13.C11H11.C2H5.2ClH.Zr/c1-2-5-10-8-9-11-6-3-4-7-12(10)11;1-2-9-7-8-10-5-3-4-6-11(9)10;1-2;;;/h3-4,6-10H,1-2,5H2;3-9H,1-2H2;1H2,2H3;2*1H;/q3*-1;;;+2/p-2. The summed E-state index contributed by atoms with van der Waals surface area (Å²) >= 11 is -0.826. The summed E-state index contributed by atoms with van der Waals surface area (Å²) < 4.78 is 0. The number of halogens is 2. The molecule has 0 saturated heterocycles. The zero-order chi connectivity index (χ0) is 20.8. The first kappa shape index (κ1) is 25.4. The topological polar surface area (TPSA) is 0 Å². The van der Waals surface area contributed by atoms with E-state index in [1.54, 1.807) is 6.92 Å². The summed E-state index contributed by atoms with van der Waals surface area (Å²) in [5.41, 5.74) is 5.65. The Morgan fingerprint density at radius 3 is 1.68 bits per heavy atom. The zero-order valence-corrected chi connectivity index (χ0v) is 20.6. The third-order valence-electron chi connectivity index (χ3n) is 4.63. The fraction of sp³-hybridized carbons (Fsp3) is 0.240. The van der Waals surface area contributed by atoms with Gasteiger partial charge in [0.2, 0.25) is 0 Å². The van der Waals surface area contributed by atoms with E-state index in [2.05, 4.69) is 93.6 Å². The van der Waals surface area contributed by atoms with E-state index in [0.29, 0.717) is 11.8 Å². The van der Waals surface area contributed by atoms with Crippen molar-refractivity contribution >= 4 is 29.2 Å². The van der Waals surface area contributed by atoms with E-state index in [-0.39, 0.29) is 0 Å². The van der Waals surface area contributed by atoms with Crippen LogP contribution in [-0.2, 0) is 20.8 Å². The van der Waals surface area contributed by atoms with Gasteiger partial charge in [-0.05, 0) is 28.2 Å². The van der Waals surface area contributed by atoms with Crippen molar-refractivity contribution in [2.45, 2.75) is 38.0 Å². The van der Waals surface area contributed by atoms with E-state index in [1.807, 2.05) is 0 Å². The average Bonchev–Trinajstić information content (AvgIpc) is 3.35. The predicted molar refractivity (Wildman–Crippen MR) is 124 cm³/mol. The van der Waals surface area contributed by atoms with Crippen molar-refractivity contribution in [2.75, 3.05) is 0 Å². The van der Waals surface area contributed by atoms with Crippen LogP contribution in [0.5, 0.6) is 0 Å². The molecule has 0 N–H and O–H groups in total. The number of benzene rings is 2. The molecule has 2 atom stereocenters. The van der Waals surface area contributed by atoms with Crippen LogP contribution in [-0.4, -0.2) is 0 Å². The van der Waals surface area contributed by atoms with Crippen molar-refractivity contribution in [3.8, 4) is 0 Å². The number of allylic oxidation sites excluding steroid dienone is 2. The first-order chi connectivity index (χ1) is 13.7. The fourth-order valence-corrected chi connectivity index (χ4v) is 3.37. The van der Waals surface area contributed by atoms with Crippen LogP contribution < -0.4 is 0 Å². The molecule has 0 radical (unpaired) electrons. The van der Waals surface area contributed by atoms with Gasteiger partial charge < -0.3 is 20.8 Å². The summed E-state index contributed by atoms with van der Waals surface area (Å²) in [4.78, 5) is 0. The Bertz CT molecular complexity index is 737. The molecule has 0 bridgehead atoms.